The van der Waals surface area contributed by atoms with Gasteiger partial charge in [-0.15, -0.1) is 0 Å². The van der Waals surface area contributed by atoms with Crippen LogP contribution in [0, 0.1) is 0 Å². The third-order valence-electron chi connectivity index (χ3n) is 1.68. The highest BCUT2D eigenvalue weighted by Crippen LogP contribution is 2.28. The van der Waals surface area contributed by atoms with E-state index in [1.165, 1.54) is 0 Å². The third-order valence-corrected chi connectivity index (χ3v) is 2.47. The minimum absolute atomic E-state index is 0.0492. The monoisotopic (exact) mass is 292 g/mol. The zero-order valence-corrected chi connectivity index (χ0v) is 10.4. The van der Waals surface area contributed by atoms with Crippen LogP contribution in [-0.4, -0.2) is 17.2 Å². The lowest BCUT2D eigenvalue weighted by atomic mass is 10.3. The molecule has 0 fully saturated rings. The highest BCUT2D eigenvalue weighted by Gasteiger charge is 2.11. The van der Waals surface area contributed by atoms with Crippen molar-refractivity contribution < 1.29 is 14.6 Å². The predicted octanol–water partition coefficient (Wildman–Crippen LogP) is 3.34. The van der Waals surface area contributed by atoms with Gasteiger partial charge in [-0.05, 0) is 25.1 Å². The lowest BCUT2D eigenvalue weighted by Gasteiger charge is -2.13. The number of carboxylic acid groups (broad SMARTS) is 1. The molecule has 1 atom stereocenters. The lowest BCUT2D eigenvalue weighted by molar-refractivity contribution is -0.138. The fourth-order valence-electron chi connectivity index (χ4n) is 1.08. The minimum Gasteiger partial charge on any atom is -0.489 e. The molecule has 15 heavy (non-hydrogen) atoms. The van der Waals surface area contributed by atoms with E-state index in [9.17, 15) is 4.79 Å². The summed E-state index contributed by atoms with van der Waals surface area (Å²) in [7, 11) is 0. The smallest absolute Gasteiger partial charge is 0.307 e. The van der Waals surface area contributed by atoms with E-state index in [2.05, 4.69) is 15.9 Å². The van der Waals surface area contributed by atoms with Gasteiger partial charge in [0.1, 0.15) is 11.9 Å². The van der Waals surface area contributed by atoms with Crippen LogP contribution in [0.4, 0.5) is 0 Å². The second-order valence-corrected chi connectivity index (χ2v) is 4.42. The second kappa shape index (κ2) is 5.37. The van der Waals surface area contributed by atoms with Crippen LogP contribution in [0.25, 0.3) is 0 Å². The number of carbonyl (C=O) groups is 1. The molecular formula is C10H10BrClO3. The summed E-state index contributed by atoms with van der Waals surface area (Å²) in [6.45, 7) is 1.69. The van der Waals surface area contributed by atoms with E-state index in [0.717, 1.165) is 4.47 Å². The molecule has 1 rings (SSSR count). The Bertz CT molecular complexity index is 368. The van der Waals surface area contributed by atoms with Crippen LogP contribution >= 0.6 is 27.5 Å². The Balaban J connectivity index is 2.68. The third kappa shape index (κ3) is 4.10. The van der Waals surface area contributed by atoms with Crippen LogP contribution in [0.5, 0.6) is 5.75 Å². The number of halogens is 2. The maximum atomic E-state index is 10.4. The van der Waals surface area contributed by atoms with Crippen LogP contribution < -0.4 is 4.74 Å². The normalized spacial score (nSPS) is 12.2. The molecule has 0 unspecified atom stereocenters. The van der Waals surface area contributed by atoms with Crippen molar-refractivity contribution in [2.45, 2.75) is 19.4 Å². The van der Waals surface area contributed by atoms with Crippen molar-refractivity contribution in [3.05, 3.63) is 27.7 Å². The summed E-state index contributed by atoms with van der Waals surface area (Å²) in [6, 6.07) is 5.18. The van der Waals surface area contributed by atoms with Crippen LogP contribution in [-0.2, 0) is 4.79 Å². The highest BCUT2D eigenvalue weighted by atomic mass is 79.9. The minimum atomic E-state index is -0.893. The summed E-state index contributed by atoms with van der Waals surface area (Å²) >= 11 is 9.18. The maximum absolute atomic E-state index is 10.4. The number of hydrogen-bond donors (Lipinski definition) is 1. The zero-order valence-electron chi connectivity index (χ0n) is 8.04. The highest BCUT2D eigenvalue weighted by molar-refractivity contribution is 9.10. The molecule has 3 nitrogen and oxygen atoms in total. The average Bonchev–Trinajstić information content (AvgIpc) is 2.08. The van der Waals surface area contributed by atoms with Gasteiger partial charge < -0.3 is 9.84 Å². The number of benzene rings is 1. The fourth-order valence-corrected chi connectivity index (χ4v) is 1.79. The number of ether oxygens (including phenoxy) is 1. The lowest BCUT2D eigenvalue weighted by Crippen LogP contribution is -2.16. The summed E-state index contributed by atoms with van der Waals surface area (Å²) < 4.78 is 6.23. The van der Waals surface area contributed by atoms with Gasteiger partial charge in [0.15, 0.2) is 0 Å². The molecule has 0 spiro atoms. The first-order valence-corrected chi connectivity index (χ1v) is 5.49. The van der Waals surface area contributed by atoms with Gasteiger partial charge >= 0.3 is 5.97 Å². The molecule has 1 aromatic rings. The molecule has 0 saturated heterocycles. The maximum Gasteiger partial charge on any atom is 0.307 e. The Morgan fingerprint density at radius 3 is 2.87 bits per heavy atom. The summed E-state index contributed by atoms with van der Waals surface area (Å²) in [4.78, 5) is 10.4. The van der Waals surface area contributed by atoms with E-state index in [0.29, 0.717) is 10.8 Å². The molecule has 1 aromatic carbocycles. The van der Waals surface area contributed by atoms with Crippen LogP contribution in [0.2, 0.25) is 5.02 Å². The molecule has 0 amide bonds. The van der Waals surface area contributed by atoms with Crippen molar-refractivity contribution in [1.82, 2.24) is 0 Å². The first kappa shape index (κ1) is 12.3. The molecule has 5 heteroatoms. The molecule has 0 radical (unpaired) electrons. The van der Waals surface area contributed by atoms with Crippen LogP contribution in [0.1, 0.15) is 13.3 Å². The molecule has 0 saturated carbocycles. The van der Waals surface area contributed by atoms with Crippen molar-refractivity contribution in [2.75, 3.05) is 0 Å². The van der Waals surface area contributed by atoms with E-state index in [1.807, 2.05) is 0 Å². The van der Waals surface area contributed by atoms with Gasteiger partial charge in [0.05, 0.1) is 11.4 Å². The Hall–Kier alpha value is -0.740. The number of aliphatic carboxylic acids is 1. The molecule has 1 N–H and O–H groups in total. The molecule has 0 bridgehead atoms. The first-order valence-electron chi connectivity index (χ1n) is 4.32. The van der Waals surface area contributed by atoms with Gasteiger partial charge in [0.25, 0.3) is 0 Å². The van der Waals surface area contributed by atoms with Crippen molar-refractivity contribution in [3.63, 3.8) is 0 Å². The van der Waals surface area contributed by atoms with Gasteiger partial charge in [-0.25, -0.2) is 0 Å². The van der Waals surface area contributed by atoms with E-state index < -0.39 is 12.1 Å². The van der Waals surface area contributed by atoms with Gasteiger partial charge in [-0.1, -0.05) is 27.5 Å². The van der Waals surface area contributed by atoms with Gasteiger partial charge in [-0.2, -0.15) is 0 Å². The van der Waals surface area contributed by atoms with Crippen LogP contribution in [0.3, 0.4) is 0 Å². The Morgan fingerprint density at radius 1 is 1.67 bits per heavy atom. The van der Waals surface area contributed by atoms with Crippen molar-refractivity contribution in [2.24, 2.45) is 0 Å². The Labute approximate surface area is 101 Å². The number of hydrogen-bond acceptors (Lipinski definition) is 2. The molecule has 0 aliphatic heterocycles. The predicted molar refractivity (Wildman–Crippen MR) is 61.5 cm³/mol. The largest absolute Gasteiger partial charge is 0.489 e. The Morgan fingerprint density at radius 2 is 2.33 bits per heavy atom. The molecule has 0 heterocycles. The van der Waals surface area contributed by atoms with Gasteiger partial charge in [0, 0.05) is 4.47 Å². The van der Waals surface area contributed by atoms with Crippen molar-refractivity contribution >= 4 is 33.5 Å². The molecule has 0 aliphatic rings. The standard InChI is InChI=1S/C10H10BrClO3/c1-6(4-10(13)14)15-9-3-2-7(11)5-8(9)12/h2-3,5-6H,4H2,1H3,(H,13,14)/t6-/m0/s1. The van der Waals surface area contributed by atoms with Gasteiger partial charge in [-0.3, -0.25) is 4.79 Å². The summed E-state index contributed by atoms with van der Waals surface area (Å²) in [6.07, 6.45) is -0.451. The summed E-state index contributed by atoms with van der Waals surface area (Å²) in [5.74, 6) is -0.399. The van der Waals surface area contributed by atoms with E-state index in [-0.39, 0.29) is 6.42 Å². The first-order chi connectivity index (χ1) is 6.99. The summed E-state index contributed by atoms with van der Waals surface area (Å²) in [5, 5.41) is 9.01. The molecule has 0 aromatic heterocycles. The number of carboxylic acids is 1. The van der Waals surface area contributed by atoms with Gasteiger partial charge in [0.2, 0.25) is 0 Å². The van der Waals surface area contributed by atoms with E-state index >= 15 is 0 Å². The molecular weight excluding hydrogens is 283 g/mol. The molecule has 82 valence electrons. The summed E-state index contributed by atoms with van der Waals surface area (Å²) in [5.41, 5.74) is 0. The Kier molecular flexibility index (Phi) is 4.42. The zero-order chi connectivity index (χ0) is 11.4. The van der Waals surface area contributed by atoms with Crippen molar-refractivity contribution in [3.8, 4) is 5.75 Å². The van der Waals surface area contributed by atoms with Crippen LogP contribution in [0.15, 0.2) is 22.7 Å². The SMILES string of the molecule is C[C@@H](CC(=O)O)Oc1ccc(Br)cc1Cl. The van der Waals surface area contributed by atoms with Crippen molar-refractivity contribution in [1.29, 1.82) is 0 Å². The van der Waals surface area contributed by atoms with E-state index in [1.54, 1.807) is 25.1 Å². The quantitative estimate of drug-likeness (QED) is 0.926. The second-order valence-electron chi connectivity index (χ2n) is 3.10. The topological polar surface area (TPSA) is 46.5 Å². The number of rotatable bonds is 4. The fraction of sp³-hybridized carbons (Fsp3) is 0.300. The average molecular weight is 294 g/mol. The molecule has 0 aliphatic carbocycles. The van der Waals surface area contributed by atoms with E-state index in [4.69, 9.17) is 21.4 Å².